The topological polar surface area (TPSA) is 116 Å². The van der Waals surface area contributed by atoms with Gasteiger partial charge in [-0.3, -0.25) is 0 Å². The van der Waals surface area contributed by atoms with Gasteiger partial charge in [-0.15, -0.1) is 0 Å². The van der Waals surface area contributed by atoms with Gasteiger partial charge in [-0.1, -0.05) is 6.92 Å². The first-order chi connectivity index (χ1) is 10.3. The summed E-state index contributed by atoms with van der Waals surface area (Å²) in [7, 11) is -3.86. The molecule has 0 saturated heterocycles. The fourth-order valence-electron chi connectivity index (χ4n) is 1.73. The maximum absolute atomic E-state index is 12.3. The van der Waals surface area contributed by atoms with Gasteiger partial charge in [0.25, 0.3) is 0 Å². The van der Waals surface area contributed by atoms with Crippen LogP contribution in [-0.4, -0.2) is 43.8 Å². The normalized spacial score (nSPS) is 12.9. The molecule has 22 heavy (non-hydrogen) atoms. The molecule has 0 aliphatic carbocycles. The molecule has 4 N–H and O–H groups in total. The zero-order chi connectivity index (χ0) is 16.8. The first-order valence-corrected chi connectivity index (χ1v) is 8.54. The average Bonchev–Trinajstić information content (AvgIpc) is 2.47. The van der Waals surface area contributed by atoms with Gasteiger partial charge in [0.2, 0.25) is 10.0 Å². The largest absolute Gasteiger partial charge is 0.478 e. The summed E-state index contributed by atoms with van der Waals surface area (Å²) in [6.45, 7) is 3.81. The number of carboxylic acids is 1. The molecule has 0 amide bonds. The molecule has 1 aromatic carbocycles. The third-order valence-corrected chi connectivity index (χ3v) is 4.66. The first-order valence-electron chi connectivity index (χ1n) is 7.06. The van der Waals surface area contributed by atoms with E-state index in [2.05, 4.69) is 10.0 Å². The fraction of sp³-hybridized carbons (Fsp3) is 0.500. The van der Waals surface area contributed by atoms with Crippen LogP contribution in [0, 0.1) is 0 Å². The Labute approximate surface area is 130 Å². The Bertz CT molecular complexity index is 616. The Kier molecular flexibility index (Phi) is 6.79. The molecule has 1 aromatic rings. The number of aliphatic hydroxyl groups excluding tert-OH is 1. The molecular formula is C14H22N2O5S. The van der Waals surface area contributed by atoms with Crippen molar-refractivity contribution >= 4 is 21.7 Å². The van der Waals surface area contributed by atoms with Gasteiger partial charge >= 0.3 is 5.97 Å². The molecule has 0 aromatic heterocycles. The van der Waals surface area contributed by atoms with E-state index in [4.69, 9.17) is 10.2 Å². The van der Waals surface area contributed by atoms with Gasteiger partial charge in [-0.05, 0) is 38.0 Å². The van der Waals surface area contributed by atoms with Gasteiger partial charge in [0.05, 0.1) is 11.3 Å². The van der Waals surface area contributed by atoms with Gasteiger partial charge in [-0.25, -0.2) is 17.9 Å². The fourth-order valence-corrected chi connectivity index (χ4v) is 2.99. The van der Waals surface area contributed by atoms with Crippen LogP contribution in [-0.2, 0) is 10.0 Å². The SMILES string of the molecule is CC[C@@H](C)Nc1ccc(C(=O)O)cc1S(=O)(=O)NCCCO. The number of sulfonamides is 1. The lowest BCUT2D eigenvalue weighted by Gasteiger charge is -2.17. The number of rotatable bonds is 9. The summed E-state index contributed by atoms with van der Waals surface area (Å²) >= 11 is 0. The van der Waals surface area contributed by atoms with Gasteiger partial charge < -0.3 is 15.5 Å². The lowest BCUT2D eigenvalue weighted by molar-refractivity contribution is 0.0696. The number of hydrogen-bond donors (Lipinski definition) is 4. The lowest BCUT2D eigenvalue weighted by atomic mass is 10.2. The zero-order valence-electron chi connectivity index (χ0n) is 12.7. The molecule has 0 unspecified atom stereocenters. The van der Waals surface area contributed by atoms with Crippen LogP contribution in [0.25, 0.3) is 0 Å². The van der Waals surface area contributed by atoms with Crippen LogP contribution in [0.5, 0.6) is 0 Å². The molecule has 1 rings (SSSR count). The van der Waals surface area contributed by atoms with Crippen molar-refractivity contribution in [3.8, 4) is 0 Å². The third kappa shape index (κ3) is 4.97. The highest BCUT2D eigenvalue weighted by molar-refractivity contribution is 7.89. The molecule has 0 fully saturated rings. The van der Waals surface area contributed by atoms with E-state index in [9.17, 15) is 13.2 Å². The molecule has 1 atom stereocenters. The summed E-state index contributed by atoms with van der Waals surface area (Å²) in [5.74, 6) is -1.19. The van der Waals surface area contributed by atoms with Gasteiger partial charge in [0, 0.05) is 19.2 Å². The van der Waals surface area contributed by atoms with Crippen molar-refractivity contribution in [3.05, 3.63) is 23.8 Å². The van der Waals surface area contributed by atoms with Crippen LogP contribution >= 0.6 is 0 Å². The van der Waals surface area contributed by atoms with Crippen molar-refractivity contribution in [1.82, 2.24) is 4.72 Å². The van der Waals surface area contributed by atoms with E-state index < -0.39 is 16.0 Å². The van der Waals surface area contributed by atoms with Crippen molar-refractivity contribution in [1.29, 1.82) is 0 Å². The van der Waals surface area contributed by atoms with E-state index in [1.165, 1.54) is 12.1 Å². The Morgan fingerprint density at radius 1 is 1.36 bits per heavy atom. The Balaban J connectivity index is 3.21. The highest BCUT2D eigenvalue weighted by atomic mass is 32.2. The summed E-state index contributed by atoms with van der Waals surface area (Å²) in [5.41, 5.74) is 0.257. The minimum absolute atomic E-state index is 0.0436. The Hall–Kier alpha value is -1.64. The Morgan fingerprint density at radius 3 is 2.59 bits per heavy atom. The summed E-state index contributed by atoms with van der Waals surface area (Å²) < 4.78 is 27.0. The van der Waals surface area contributed by atoms with E-state index in [1.807, 2.05) is 13.8 Å². The number of benzene rings is 1. The number of nitrogens with one attached hydrogen (secondary N) is 2. The van der Waals surface area contributed by atoms with E-state index in [0.29, 0.717) is 5.69 Å². The van der Waals surface area contributed by atoms with Crippen LogP contribution in [0.1, 0.15) is 37.0 Å². The molecular weight excluding hydrogens is 308 g/mol. The van der Waals surface area contributed by atoms with E-state index in [1.54, 1.807) is 0 Å². The van der Waals surface area contributed by atoms with Gasteiger partial charge in [0.1, 0.15) is 4.90 Å². The van der Waals surface area contributed by atoms with Crippen molar-refractivity contribution in [2.24, 2.45) is 0 Å². The van der Waals surface area contributed by atoms with Crippen LogP contribution in [0.4, 0.5) is 5.69 Å². The van der Waals surface area contributed by atoms with E-state index in [-0.39, 0.29) is 36.1 Å². The molecule has 0 heterocycles. The molecule has 0 radical (unpaired) electrons. The second-order valence-electron chi connectivity index (χ2n) is 4.94. The number of hydrogen-bond acceptors (Lipinski definition) is 5. The maximum atomic E-state index is 12.3. The van der Waals surface area contributed by atoms with E-state index >= 15 is 0 Å². The van der Waals surface area contributed by atoms with Crippen molar-refractivity contribution in [2.75, 3.05) is 18.5 Å². The second-order valence-corrected chi connectivity index (χ2v) is 6.68. The molecule has 0 aliphatic rings. The van der Waals surface area contributed by atoms with Crippen LogP contribution in [0.2, 0.25) is 0 Å². The molecule has 0 saturated carbocycles. The monoisotopic (exact) mass is 330 g/mol. The second kappa shape index (κ2) is 8.11. The number of anilines is 1. The standard InChI is InChI=1S/C14H22N2O5S/c1-3-10(2)16-12-6-5-11(14(18)19)9-13(12)22(20,21)15-7-4-8-17/h5-6,9-10,15-17H,3-4,7-8H2,1-2H3,(H,18,19)/t10-/m1/s1. The van der Waals surface area contributed by atoms with Crippen LogP contribution in [0.3, 0.4) is 0 Å². The third-order valence-electron chi connectivity index (χ3n) is 3.16. The Morgan fingerprint density at radius 2 is 2.05 bits per heavy atom. The minimum Gasteiger partial charge on any atom is -0.478 e. The van der Waals surface area contributed by atoms with E-state index in [0.717, 1.165) is 12.5 Å². The molecule has 0 spiro atoms. The summed E-state index contributed by atoms with van der Waals surface area (Å²) in [6, 6.07) is 3.99. The predicted molar refractivity (Wildman–Crippen MR) is 83.7 cm³/mol. The summed E-state index contributed by atoms with van der Waals surface area (Å²) in [6.07, 6.45) is 1.07. The van der Waals surface area contributed by atoms with Crippen LogP contribution < -0.4 is 10.0 Å². The summed E-state index contributed by atoms with van der Waals surface area (Å²) in [4.78, 5) is 11.0. The quantitative estimate of drug-likeness (QED) is 0.507. The smallest absolute Gasteiger partial charge is 0.335 e. The highest BCUT2D eigenvalue weighted by Crippen LogP contribution is 2.24. The van der Waals surface area contributed by atoms with Crippen LogP contribution in [0.15, 0.2) is 23.1 Å². The average molecular weight is 330 g/mol. The number of aliphatic hydroxyl groups is 1. The highest BCUT2D eigenvalue weighted by Gasteiger charge is 2.21. The first kappa shape index (κ1) is 18.4. The molecule has 124 valence electrons. The molecule has 0 bridgehead atoms. The van der Waals surface area contributed by atoms with Crippen molar-refractivity contribution in [3.63, 3.8) is 0 Å². The summed E-state index contributed by atoms with van der Waals surface area (Å²) in [5, 5.41) is 20.8. The van der Waals surface area contributed by atoms with Gasteiger partial charge in [-0.2, -0.15) is 0 Å². The lowest BCUT2D eigenvalue weighted by Crippen LogP contribution is -2.27. The van der Waals surface area contributed by atoms with Gasteiger partial charge in [0.15, 0.2) is 0 Å². The maximum Gasteiger partial charge on any atom is 0.335 e. The predicted octanol–water partition coefficient (Wildman–Crippen LogP) is 1.26. The van der Waals surface area contributed by atoms with Crippen molar-refractivity contribution < 1.29 is 23.4 Å². The zero-order valence-corrected chi connectivity index (χ0v) is 13.5. The molecule has 7 nitrogen and oxygen atoms in total. The van der Waals surface area contributed by atoms with Crippen molar-refractivity contribution in [2.45, 2.75) is 37.6 Å². The minimum atomic E-state index is -3.86. The number of carbonyl (C=O) groups is 1. The molecule has 8 heteroatoms. The molecule has 0 aliphatic heterocycles. The number of carboxylic acid groups (broad SMARTS) is 1. The number of aromatic carboxylic acids is 1.